The number of hydrogen-bond acceptors (Lipinski definition) is 7. The van der Waals surface area contributed by atoms with Gasteiger partial charge in [-0.25, -0.2) is 4.79 Å². The molecule has 0 bridgehead atoms. The van der Waals surface area contributed by atoms with E-state index in [1.54, 1.807) is 13.8 Å². The average molecular weight is 786 g/mol. The molecule has 0 heterocycles. The van der Waals surface area contributed by atoms with Gasteiger partial charge in [0.1, 0.15) is 24.7 Å². The van der Waals surface area contributed by atoms with Gasteiger partial charge in [0.25, 0.3) is 0 Å². The number of benzene rings is 5. The minimum Gasteiger partial charge on any atom is -0.445 e. The second-order valence-electron chi connectivity index (χ2n) is 15.2. The summed E-state index contributed by atoms with van der Waals surface area (Å²) in [4.78, 5) is 55.1. The summed E-state index contributed by atoms with van der Waals surface area (Å²) in [5.74, 6) is -2.19. The first kappa shape index (κ1) is 43.1. The number of hydrogen-bond donors (Lipinski definition) is 6. The van der Waals surface area contributed by atoms with E-state index in [4.69, 9.17) is 4.74 Å². The van der Waals surface area contributed by atoms with Crippen LogP contribution in [-0.2, 0) is 45.2 Å². The van der Waals surface area contributed by atoms with Crippen molar-refractivity contribution < 1.29 is 29.0 Å². The zero-order chi connectivity index (χ0) is 41.4. The Bertz CT molecular complexity index is 2070. The van der Waals surface area contributed by atoms with Crippen LogP contribution in [0.25, 0.3) is 10.8 Å². The number of carbonyl (C=O) groups excluding carboxylic acids is 4. The van der Waals surface area contributed by atoms with Gasteiger partial charge in [0.2, 0.25) is 17.7 Å². The molecule has 0 aromatic heterocycles. The number of nitrogens with one attached hydrogen (secondary N) is 5. The van der Waals surface area contributed by atoms with Crippen LogP contribution < -0.4 is 26.6 Å². The largest absolute Gasteiger partial charge is 0.445 e. The quantitative estimate of drug-likeness (QED) is 0.0619. The van der Waals surface area contributed by atoms with Crippen LogP contribution in [0.15, 0.2) is 133 Å². The van der Waals surface area contributed by atoms with Gasteiger partial charge < -0.3 is 31.1 Å². The Kier molecular flexibility index (Phi) is 16.0. The van der Waals surface area contributed by atoms with Gasteiger partial charge in [-0.3, -0.25) is 19.7 Å². The van der Waals surface area contributed by atoms with E-state index in [2.05, 4.69) is 26.6 Å². The van der Waals surface area contributed by atoms with Crippen molar-refractivity contribution in [1.29, 1.82) is 0 Å². The second-order valence-corrected chi connectivity index (χ2v) is 15.2. The highest BCUT2D eigenvalue weighted by molar-refractivity contribution is 5.91. The maximum Gasteiger partial charge on any atom is 0.408 e. The number of alkyl carbamates (subject to hydrolysis) is 1. The molecule has 0 fully saturated rings. The van der Waals surface area contributed by atoms with E-state index in [0.29, 0.717) is 0 Å². The predicted octanol–water partition coefficient (Wildman–Crippen LogP) is 5.79. The predicted molar refractivity (Wildman–Crippen MR) is 226 cm³/mol. The molecule has 0 aliphatic heterocycles. The van der Waals surface area contributed by atoms with Crippen LogP contribution in [0.3, 0.4) is 0 Å². The molecule has 0 spiro atoms. The van der Waals surface area contributed by atoms with Crippen molar-refractivity contribution in [2.45, 2.75) is 84.1 Å². The van der Waals surface area contributed by atoms with Crippen LogP contribution in [0.2, 0.25) is 0 Å². The van der Waals surface area contributed by atoms with E-state index < -0.39 is 48.2 Å². The molecule has 11 nitrogen and oxygen atoms in total. The van der Waals surface area contributed by atoms with Crippen molar-refractivity contribution >= 4 is 34.6 Å². The Morgan fingerprint density at radius 1 is 0.552 bits per heavy atom. The molecule has 5 atom stereocenters. The Hall–Kier alpha value is -6.04. The monoisotopic (exact) mass is 785 g/mol. The van der Waals surface area contributed by atoms with Gasteiger partial charge in [-0.05, 0) is 51.3 Å². The maximum absolute atomic E-state index is 14.5. The van der Waals surface area contributed by atoms with E-state index in [1.807, 2.05) is 147 Å². The molecule has 4 unspecified atom stereocenters. The van der Waals surface area contributed by atoms with Gasteiger partial charge in [0.15, 0.2) is 0 Å². The van der Waals surface area contributed by atoms with Crippen LogP contribution in [0.1, 0.15) is 49.9 Å². The molecular formula is C47H55N5O6. The fraction of sp³-hybridized carbons (Fsp3) is 0.319. The summed E-state index contributed by atoms with van der Waals surface area (Å²) in [6.45, 7) is 7.76. The zero-order valence-electron chi connectivity index (χ0n) is 33.6. The lowest BCUT2D eigenvalue weighted by Gasteiger charge is -2.33. The van der Waals surface area contributed by atoms with Gasteiger partial charge >= 0.3 is 6.09 Å². The molecular weight excluding hydrogens is 731 g/mol. The summed E-state index contributed by atoms with van der Waals surface area (Å²) in [7, 11) is 0. The number of aliphatic hydroxyl groups excluding tert-OH is 1. The van der Waals surface area contributed by atoms with Gasteiger partial charge in [-0.2, -0.15) is 0 Å². The minimum absolute atomic E-state index is 0.0231. The summed E-state index contributed by atoms with van der Waals surface area (Å²) < 4.78 is 5.42. The van der Waals surface area contributed by atoms with Crippen molar-refractivity contribution in [3.8, 4) is 0 Å². The molecule has 0 aliphatic carbocycles. The van der Waals surface area contributed by atoms with Crippen molar-refractivity contribution in [1.82, 2.24) is 26.6 Å². The first-order valence-electron chi connectivity index (χ1n) is 19.8. The third kappa shape index (κ3) is 12.5. The molecule has 304 valence electrons. The van der Waals surface area contributed by atoms with Gasteiger partial charge in [0.05, 0.1) is 12.1 Å². The minimum atomic E-state index is -1.50. The van der Waals surface area contributed by atoms with Crippen LogP contribution in [0.4, 0.5) is 4.79 Å². The van der Waals surface area contributed by atoms with E-state index in [1.165, 1.54) is 0 Å². The topological polar surface area (TPSA) is 158 Å². The summed E-state index contributed by atoms with van der Waals surface area (Å²) in [5.41, 5.74) is 3.40. The van der Waals surface area contributed by atoms with E-state index in [-0.39, 0.29) is 43.9 Å². The molecule has 5 aromatic rings. The number of carbonyl (C=O) groups is 4. The second kappa shape index (κ2) is 21.5. The first-order chi connectivity index (χ1) is 28.0. The van der Waals surface area contributed by atoms with Gasteiger partial charge in [-0.15, -0.1) is 0 Å². The lowest BCUT2D eigenvalue weighted by atomic mass is 9.93. The highest BCUT2D eigenvalue weighted by Crippen LogP contribution is 2.20. The van der Waals surface area contributed by atoms with Crippen LogP contribution >= 0.6 is 0 Å². The SMILES string of the molecule is CC(C)C(NC(=O)OCc1ccccc1)C(=O)NC(Cc1ccccc1)C(O)C(NCc1cccc2ccccc12)C(=O)N[C@@H](C(=O)NCc1ccccc1)C(C)C. The van der Waals surface area contributed by atoms with E-state index in [9.17, 15) is 24.3 Å². The number of ether oxygens (including phenoxy) is 1. The highest BCUT2D eigenvalue weighted by Gasteiger charge is 2.38. The third-order valence-electron chi connectivity index (χ3n) is 10.0. The third-order valence-corrected chi connectivity index (χ3v) is 10.0. The Balaban J connectivity index is 1.41. The van der Waals surface area contributed by atoms with Crippen LogP contribution in [0, 0.1) is 11.8 Å². The normalized spacial score (nSPS) is 13.8. The summed E-state index contributed by atoms with van der Waals surface area (Å²) in [6.07, 6.45) is -2.11. The maximum atomic E-state index is 14.5. The molecule has 11 heteroatoms. The fourth-order valence-corrected chi connectivity index (χ4v) is 6.76. The summed E-state index contributed by atoms with van der Waals surface area (Å²) >= 11 is 0. The van der Waals surface area contributed by atoms with Crippen molar-refractivity contribution in [3.05, 3.63) is 156 Å². The van der Waals surface area contributed by atoms with E-state index >= 15 is 0 Å². The Morgan fingerprint density at radius 2 is 1.09 bits per heavy atom. The molecule has 5 aromatic carbocycles. The molecule has 0 saturated carbocycles. The van der Waals surface area contributed by atoms with Crippen molar-refractivity contribution in [3.63, 3.8) is 0 Å². The number of amides is 4. The molecule has 6 N–H and O–H groups in total. The molecule has 0 radical (unpaired) electrons. The number of fused-ring (bicyclic) bond motifs is 1. The van der Waals surface area contributed by atoms with Crippen LogP contribution in [0.5, 0.6) is 0 Å². The fourth-order valence-electron chi connectivity index (χ4n) is 6.76. The Labute approximate surface area is 341 Å². The lowest BCUT2D eigenvalue weighted by Crippen LogP contribution is -2.63. The zero-order valence-corrected chi connectivity index (χ0v) is 33.6. The first-order valence-corrected chi connectivity index (χ1v) is 19.8. The smallest absolute Gasteiger partial charge is 0.408 e. The summed E-state index contributed by atoms with van der Waals surface area (Å²) in [5, 5.41) is 29.1. The Morgan fingerprint density at radius 3 is 1.72 bits per heavy atom. The molecule has 0 aliphatic rings. The molecule has 4 amide bonds. The standard InChI is InChI=1S/C47H55N5O6/c1-31(2)40(44(54)49-28-34-19-10-6-11-20-34)51-46(56)42(48-29-37-25-16-24-36-23-14-15-26-38(36)37)43(53)39(27-33-17-8-5-9-18-33)50-45(55)41(32(3)4)52-47(57)58-30-35-21-12-7-13-22-35/h5-26,31-32,39-43,48,53H,27-30H2,1-4H3,(H,49,54)(H,50,55)(H,51,56)(H,52,57)/t39?,40-,41?,42?,43?/m1/s1. The van der Waals surface area contributed by atoms with Gasteiger partial charge in [-0.1, -0.05) is 161 Å². The molecule has 58 heavy (non-hydrogen) atoms. The average Bonchev–Trinajstić information content (AvgIpc) is 3.23. The van der Waals surface area contributed by atoms with Crippen LogP contribution in [-0.4, -0.2) is 59.2 Å². The molecule has 0 saturated heterocycles. The summed E-state index contributed by atoms with van der Waals surface area (Å²) in [6, 6.07) is 37.5. The lowest BCUT2D eigenvalue weighted by molar-refractivity contribution is -0.134. The van der Waals surface area contributed by atoms with Crippen molar-refractivity contribution in [2.75, 3.05) is 0 Å². The highest BCUT2D eigenvalue weighted by atomic mass is 16.5. The number of aliphatic hydroxyl groups is 1. The molecule has 5 rings (SSSR count). The number of rotatable bonds is 19. The van der Waals surface area contributed by atoms with Crippen molar-refractivity contribution in [2.24, 2.45) is 11.8 Å². The van der Waals surface area contributed by atoms with E-state index in [0.717, 1.165) is 33.0 Å². The van der Waals surface area contributed by atoms with Gasteiger partial charge in [0, 0.05) is 13.1 Å².